The van der Waals surface area contributed by atoms with Crippen LogP contribution in [0.1, 0.15) is 50.8 Å². The van der Waals surface area contributed by atoms with E-state index in [9.17, 15) is 22.8 Å². The first kappa shape index (κ1) is 22.9. The SMILES string of the molecule is CC1C2Cn3c(cc(C(F)(F)F)cc3=O)CN2C(=O)[C@]12CC[C@@H](N(C)C1CCOC[C@H]1C)C2. The number of pyridine rings is 1. The zero-order valence-electron chi connectivity index (χ0n) is 19.4. The molecule has 1 amide bonds. The molecule has 1 aromatic rings. The van der Waals surface area contributed by atoms with E-state index in [1.807, 2.05) is 0 Å². The molecule has 2 saturated heterocycles. The summed E-state index contributed by atoms with van der Waals surface area (Å²) in [5.41, 5.74) is -1.82. The van der Waals surface area contributed by atoms with E-state index >= 15 is 0 Å². The molecule has 3 unspecified atom stereocenters. The Bertz CT molecular complexity index is 1010. The first-order valence-corrected chi connectivity index (χ1v) is 11.9. The molecule has 4 heterocycles. The van der Waals surface area contributed by atoms with E-state index in [1.54, 1.807) is 4.90 Å². The lowest BCUT2D eigenvalue weighted by Crippen LogP contribution is -2.47. The lowest BCUT2D eigenvalue weighted by molar-refractivity contribution is -0.138. The first-order chi connectivity index (χ1) is 15.5. The zero-order chi connectivity index (χ0) is 23.7. The van der Waals surface area contributed by atoms with Crippen molar-refractivity contribution >= 4 is 5.91 Å². The van der Waals surface area contributed by atoms with Crippen LogP contribution in [0.3, 0.4) is 0 Å². The molecule has 9 heteroatoms. The van der Waals surface area contributed by atoms with Gasteiger partial charge in [0.2, 0.25) is 5.91 Å². The maximum Gasteiger partial charge on any atom is 0.416 e. The van der Waals surface area contributed by atoms with Crippen molar-refractivity contribution in [3.63, 3.8) is 0 Å². The van der Waals surface area contributed by atoms with E-state index < -0.39 is 22.7 Å². The average Bonchev–Trinajstić information content (AvgIpc) is 3.30. The fraction of sp³-hybridized carbons (Fsp3) is 0.750. The van der Waals surface area contributed by atoms with Crippen molar-refractivity contribution in [1.82, 2.24) is 14.4 Å². The smallest absolute Gasteiger partial charge is 0.381 e. The van der Waals surface area contributed by atoms with Crippen molar-refractivity contribution in [3.05, 3.63) is 33.7 Å². The summed E-state index contributed by atoms with van der Waals surface area (Å²) < 4.78 is 46.8. The number of nitrogens with zero attached hydrogens (tertiary/aromatic N) is 3. The molecule has 4 aliphatic rings. The fourth-order valence-electron chi connectivity index (χ4n) is 6.98. The lowest BCUT2D eigenvalue weighted by Gasteiger charge is -2.40. The van der Waals surface area contributed by atoms with Gasteiger partial charge in [-0.05, 0) is 50.6 Å². The summed E-state index contributed by atoms with van der Waals surface area (Å²) in [4.78, 5) is 30.4. The Morgan fingerprint density at radius 1 is 1.18 bits per heavy atom. The molecule has 6 nitrogen and oxygen atoms in total. The highest BCUT2D eigenvalue weighted by atomic mass is 19.4. The van der Waals surface area contributed by atoms with Gasteiger partial charge in [0, 0.05) is 37.0 Å². The van der Waals surface area contributed by atoms with Crippen LogP contribution in [0.4, 0.5) is 13.2 Å². The van der Waals surface area contributed by atoms with E-state index in [0.29, 0.717) is 24.1 Å². The van der Waals surface area contributed by atoms with Gasteiger partial charge in [0.1, 0.15) is 0 Å². The minimum absolute atomic E-state index is 0.0397. The van der Waals surface area contributed by atoms with Gasteiger partial charge in [-0.15, -0.1) is 0 Å². The number of fused-ring (bicyclic) bond motifs is 2. The summed E-state index contributed by atoms with van der Waals surface area (Å²) in [6.45, 7) is 6.13. The summed E-state index contributed by atoms with van der Waals surface area (Å²) in [5, 5.41) is 0. The third-order valence-corrected chi connectivity index (χ3v) is 9.00. The highest BCUT2D eigenvalue weighted by Crippen LogP contribution is 2.55. The Hall–Kier alpha value is -1.87. The van der Waals surface area contributed by atoms with E-state index in [2.05, 4.69) is 25.8 Å². The number of halogens is 3. The summed E-state index contributed by atoms with van der Waals surface area (Å²) in [5.74, 6) is 0.525. The molecule has 1 aliphatic carbocycles. The summed E-state index contributed by atoms with van der Waals surface area (Å²) in [6.07, 6.45) is -1.12. The van der Waals surface area contributed by atoms with Crippen LogP contribution in [0.2, 0.25) is 0 Å². The number of hydrogen-bond donors (Lipinski definition) is 0. The van der Waals surface area contributed by atoms with Crippen molar-refractivity contribution in [3.8, 4) is 0 Å². The maximum absolute atomic E-state index is 13.7. The predicted molar refractivity (Wildman–Crippen MR) is 115 cm³/mol. The Labute approximate surface area is 191 Å². The molecule has 182 valence electrons. The van der Waals surface area contributed by atoms with Gasteiger partial charge in [0.05, 0.1) is 30.2 Å². The van der Waals surface area contributed by atoms with E-state index in [1.165, 1.54) is 4.57 Å². The molecule has 3 fully saturated rings. The normalized spacial score (nSPS) is 36.5. The lowest BCUT2D eigenvalue weighted by atomic mass is 9.74. The van der Waals surface area contributed by atoms with E-state index in [0.717, 1.165) is 45.0 Å². The largest absolute Gasteiger partial charge is 0.416 e. The van der Waals surface area contributed by atoms with Crippen molar-refractivity contribution < 1.29 is 22.7 Å². The van der Waals surface area contributed by atoms with Crippen LogP contribution in [-0.4, -0.2) is 58.7 Å². The molecule has 5 rings (SSSR count). The van der Waals surface area contributed by atoms with Crippen molar-refractivity contribution in [2.75, 3.05) is 20.3 Å². The van der Waals surface area contributed by atoms with Gasteiger partial charge in [-0.2, -0.15) is 13.2 Å². The number of alkyl halides is 3. The number of carbonyl (C=O) groups excluding carboxylic acids is 1. The van der Waals surface area contributed by atoms with Gasteiger partial charge >= 0.3 is 6.18 Å². The molecule has 0 bridgehead atoms. The second-order valence-corrected chi connectivity index (χ2v) is 10.6. The number of ether oxygens (including phenoxy) is 1. The van der Waals surface area contributed by atoms with Crippen LogP contribution in [0.25, 0.3) is 0 Å². The molecule has 0 radical (unpaired) electrons. The molecule has 1 spiro atoms. The van der Waals surface area contributed by atoms with Crippen LogP contribution in [-0.2, 0) is 28.8 Å². The Kier molecular flexibility index (Phi) is 5.44. The van der Waals surface area contributed by atoms with Crippen LogP contribution in [0.5, 0.6) is 0 Å². The highest BCUT2D eigenvalue weighted by molar-refractivity contribution is 5.86. The molecule has 1 saturated carbocycles. The molecule has 33 heavy (non-hydrogen) atoms. The van der Waals surface area contributed by atoms with Gasteiger partial charge in [-0.1, -0.05) is 13.8 Å². The molecule has 6 atom stereocenters. The molecular weight excluding hydrogens is 435 g/mol. The number of carbonyl (C=O) groups is 1. The van der Waals surface area contributed by atoms with E-state index in [-0.39, 0.29) is 36.7 Å². The van der Waals surface area contributed by atoms with Gasteiger partial charge in [0.25, 0.3) is 5.56 Å². The number of hydrogen-bond acceptors (Lipinski definition) is 4. The molecule has 0 N–H and O–H groups in total. The van der Waals surface area contributed by atoms with Gasteiger partial charge in [-0.25, -0.2) is 0 Å². The van der Waals surface area contributed by atoms with Gasteiger partial charge in [0.15, 0.2) is 0 Å². The third-order valence-electron chi connectivity index (χ3n) is 9.00. The Balaban J connectivity index is 1.39. The standard InChI is InChI=1S/C24H32F3N3O3/c1-14-13-33-7-5-19(14)28(3)17-4-6-23(10-17)15(2)20-12-29-18(11-30(20)22(23)32)8-16(9-21(29)31)24(25,26)27/h8-9,14-15,17,19-20H,4-7,10-13H2,1-3H3/t14-,15?,17-,19?,20?,23+/m1/s1. The van der Waals surface area contributed by atoms with Gasteiger partial charge in [-0.3, -0.25) is 14.5 Å². The van der Waals surface area contributed by atoms with Crippen LogP contribution in [0, 0.1) is 17.3 Å². The van der Waals surface area contributed by atoms with Crippen LogP contribution in [0.15, 0.2) is 16.9 Å². The first-order valence-electron chi connectivity index (χ1n) is 11.9. The number of rotatable bonds is 2. The van der Waals surface area contributed by atoms with Crippen molar-refractivity contribution in [1.29, 1.82) is 0 Å². The molecular formula is C24H32F3N3O3. The number of amides is 1. The Morgan fingerprint density at radius 3 is 2.64 bits per heavy atom. The monoisotopic (exact) mass is 467 g/mol. The second kappa shape index (κ2) is 7.83. The Morgan fingerprint density at radius 2 is 1.94 bits per heavy atom. The molecule has 3 aliphatic heterocycles. The highest BCUT2D eigenvalue weighted by Gasteiger charge is 2.61. The van der Waals surface area contributed by atoms with Crippen LogP contribution < -0.4 is 5.56 Å². The number of aromatic nitrogens is 1. The summed E-state index contributed by atoms with van der Waals surface area (Å²) in [6, 6.07) is 2.26. The molecule has 1 aromatic heterocycles. The summed E-state index contributed by atoms with van der Waals surface area (Å²) >= 11 is 0. The average molecular weight is 468 g/mol. The second-order valence-electron chi connectivity index (χ2n) is 10.6. The minimum atomic E-state index is -4.58. The minimum Gasteiger partial charge on any atom is -0.381 e. The zero-order valence-corrected chi connectivity index (χ0v) is 19.4. The van der Waals surface area contributed by atoms with E-state index in [4.69, 9.17) is 4.74 Å². The quantitative estimate of drug-likeness (QED) is 0.671. The topological polar surface area (TPSA) is 54.8 Å². The predicted octanol–water partition coefficient (Wildman–Crippen LogP) is 3.12. The molecule has 0 aromatic carbocycles. The van der Waals surface area contributed by atoms with Gasteiger partial charge < -0.3 is 14.2 Å². The maximum atomic E-state index is 13.7. The van der Waals surface area contributed by atoms with Crippen molar-refractivity contribution in [2.45, 2.75) is 76.9 Å². The van der Waals surface area contributed by atoms with Crippen LogP contribution >= 0.6 is 0 Å². The summed E-state index contributed by atoms with van der Waals surface area (Å²) in [7, 11) is 2.15. The third kappa shape index (κ3) is 3.53. The van der Waals surface area contributed by atoms with Crippen molar-refractivity contribution in [2.24, 2.45) is 17.3 Å². The fourth-order valence-corrected chi connectivity index (χ4v) is 6.98.